The van der Waals surface area contributed by atoms with E-state index in [1.165, 1.54) is 88.0 Å². The van der Waals surface area contributed by atoms with Crippen LogP contribution in [-0.4, -0.2) is 280 Å². The van der Waals surface area contributed by atoms with E-state index < -0.39 is 268 Å². The number of nitrogens with zero attached hydrogens (tertiary/aromatic N) is 2. The molecule has 134 heavy (non-hydrogen) atoms. The summed E-state index contributed by atoms with van der Waals surface area (Å²) in [7, 11) is 0. The number of benzene rings is 2. The molecule has 43 nitrogen and oxygen atoms in total. The van der Waals surface area contributed by atoms with Crippen molar-refractivity contribution in [3.8, 4) is 0 Å². The summed E-state index contributed by atoms with van der Waals surface area (Å²) in [6.45, 7) is 24.4. The van der Waals surface area contributed by atoms with E-state index in [2.05, 4.69) is 84.7 Å². The SMILES string of the molecule is CCC(C)[C@H](NC(=O)C(C)(C)NC(=O)[C@H](CCC(N)=O)NC(=O)C(C)(CC)NC(=O)[C@H](Cc1c[nH]c2ccccc12)NC(C)=O)C(=O)N[C@H](C(=O)NC(C)(C)C(=O)N[C@@H](CC(C)C)C(=O)NC(C)(C)C(=O)N1CCC[C@H]1C(=O)N[C@@H](CCC(N)=O)C(=O)NC(C)(C)C(=O)N1CC(O)C[C@H]1C(=O)NC(C)(CC)C(=O)C1CC[C@@H](C(=O)N[C@@H](Cc2ccccc2)C(=O)NCC(=O)O)N1)[C@@H](C)O. The van der Waals surface area contributed by atoms with Crippen LogP contribution >= 0.6 is 0 Å². The molecular formula is C91H138N20O23. The summed E-state index contributed by atoms with van der Waals surface area (Å²) in [6, 6.07) is 1.03. The standard InChI is InChI=1S/C91H138N20O23/c1-19-48(6)68(103-82(131)87(11,12)104-74(123)59(36-38-66(93)116)100-83(132)91(18,21-3)108-76(125)62(96-50(8)113)42-52-44-94-55-31-26-25-30-54(52)55)79(128)102-69(49(7)112)80(129)107-86(9,10)81(130)101-60(40-47(4)5)75(124)106-88(13,14)84(133)110-39-27-32-63(110)77(126)98-58(35-37-65(92)115)73(122)105-89(15,16)85(134)111-46-53(114)43-64(111)78(127)109-90(17,20-2)70(119)56-33-34-57(97-56)72(121)99-61(71(120)95-45-67(117)118)41-51-28-23-22-24-29-51/h22-26,28-31,44,47-49,53,56-64,68-69,94,97,112,114H,19-21,27,32-43,45-46H2,1-18H3,(H2,92,115)(H2,93,116)(H,95,120)(H,96,113)(H,98,126)(H,99,121)(H,100,132)(H,101,130)(H,102,128)(H,103,131)(H,104,123)(H,105,122)(H,106,124)(H,107,129)(H,108,125)(H,109,127)(H,117,118)/t48?,49-,53?,56?,57+,58+,59+,60+,61+,62+,63+,64+,68+,69+,90?,91?/m1/s1. The molecule has 18 amide bonds. The molecule has 0 aliphatic carbocycles. The zero-order valence-electron chi connectivity index (χ0n) is 79.7. The highest BCUT2D eigenvalue weighted by molar-refractivity contribution is 6.05. The van der Waals surface area contributed by atoms with Crippen LogP contribution in [0.25, 0.3) is 10.9 Å². The number of rotatable bonds is 49. The Morgan fingerprint density at radius 1 is 0.500 bits per heavy atom. The van der Waals surface area contributed by atoms with Crippen LogP contribution in [0.3, 0.4) is 0 Å². The molecule has 0 spiro atoms. The molecule has 5 unspecified atom stereocenters. The third-order valence-corrected chi connectivity index (χ3v) is 24.6. The van der Waals surface area contributed by atoms with E-state index in [0.717, 1.165) is 15.8 Å². The molecule has 6 rings (SSSR count). The number of carboxylic acids is 1. The number of nitrogens with two attached hydrogens (primary N) is 2. The number of ketones is 1. The summed E-state index contributed by atoms with van der Waals surface area (Å²) in [5.74, 6) is -18.5. The van der Waals surface area contributed by atoms with Gasteiger partial charge in [0.05, 0.1) is 29.8 Å². The molecule has 0 bridgehead atoms. The first-order valence-corrected chi connectivity index (χ1v) is 45.3. The summed E-state index contributed by atoms with van der Waals surface area (Å²) in [6.07, 6.45) is -2.54. The molecule has 43 heteroatoms. The van der Waals surface area contributed by atoms with Gasteiger partial charge in [0, 0.05) is 69.2 Å². The predicted octanol–water partition coefficient (Wildman–Crippen LogP) is -2.64. The fourth-order valence-electron chi connectivity index (χ4n) is 16.0. The number of β-amino-alcohol motifs (C(OH)–C–C–N with tert-alkyl or cyclic N) is 1. The first-order chi connectivity index (χ1) is 62.3. The number of aromatic amines is 1. The molecule has 3 aromatic rings. The van der Waals surface area contributed by atoms with Crippen LogP contribution in [0.15, 0.2) is 60.8 Å². The van der Waals surface area contributed by atoms with Gasteiger partial charge in [-0.3, -0.25) is 101 Å². The van der Waals surface area contributed by atoms with Gasteiger partial charge in [-0.15, -0.1) is 0 Å². The topological polar surface area (TPSA) is 657 Å². The average molecular weight is 1880 g/mol. The van der Waals surface area contributed by atoms with Crippen molar-refractivity contribution in [2.24, 2.45) is 23.3 Å². The Kier molecular flexibility index (Phi) is 39.0. The van der Waals surface area contributed by atoms with Crippen molar-refractivity contribution in [2.45, 2.75) is 333 Å². The van der Waals surface area contributed by atoms with E-state index in [1.807, 2.05) is 24.3 Å². The highest BCUT2D eigenvalue weighted by Gasteiger charge is 2.51. The van der Waals surface area contributed by atoms with Gasteiger partial charge in [-0.25, -0.2) is 0 Å². The number of H-pyrrole nitrogens is 1. The number of aromatic nitrogens is 1. The van der Waals surface area contributed by atoms with Gasteiger partial charge in [0.1, 0.15) is 88.6 Å². The van der Waals surface area contributed by atoms with Crippen LogP contribution in [0.4, 0.5) is 0 Å². The first-order valence-electron chi connectivity index (χ1n) is 45.3. The first kappa shape index (κ1) is 110. The fraction of sp³-hybridized carbons (Fsp3) is 0.626. The predicted molar refractivity (Wildman–Crippen MR) is 488 cm³/mol. The van der Waals surface area contributed by atoms with Crippen molar-refractivity contribution in [1.82, 2.24) is 94.5 Å². The van der Waals surface area contributed by atoms with Crippen molar-refractivity contribution in [3.05, 3.63) is 71.9 Å². The molecule has 4 heterocycles. The molecule has 2 aromatic carbocycles. The molecule has 3 fully saturated rings. The minimum Gasteiger partial charge on any atom is -0.480 e. The number of aliphatic hydroxyl groups is 2. The Bertz CT molecular complexity index is 4840. The van der Waals surface area contributed by atoms with Crippen molar-refractivity contribution in [3.63, 3.8) is 0 Å². The third-order valence-electron chi connectivity index (χ3n) is 24.6. The fourth-order valence-corrected chi connectivity index (χ4v) is 16.0. The number of amides is 18. The van der Waals surface area contributed by atoms with Crippen LogP contribution in [0.5, 0.6) is 0 Å². The van der Waals surface area contributed by atoms with Gasteiger partial charge in [-0.2, -0.15) is 0 Å². The number of hydrogen-bond acceptors (Lipinski definition) is 23. The van der Waals surface area contributed by atoms with Gasteiger partial charge in [0.15, 0.2) is 5.78 Å². The Morgan fingerprint density at radius 2 is 1.01 bits per heavy atom. The van der Waals surface area contributed by atoms with Crippen LogP contribution < -0.4 is 91.2 Å². The molecular weight excluding hydrogens is 1740 g/mol. The molecule has 1 aromatic heterocycles. The number of nitrogens with one attached hydrogen (secondary N) is 16. The van der Waals surface area contributed by atoms with Gasteiger partial charge in [0.2, 0.25) is 106 Å². The quantitative estimate of drug-likeness (QED) is 0.0275. The van der Waals surface area contributed by atoms with Crippen LogP contribution in [-0.2, 0) is 109 Å². The highest BCUT2D eigenvalue weighted by atomic mass is 16.4. The molecule has 3 aliphatic rings. The summed E-state index contributed by atoms with van der Waals surface area (Å²) in [5.41, 5.74) is 2.16. The van der Waals surface area contributed by atoms with E-state index in [9.17, 15) is 111 Å². The summed E-state index contributed by atoms with van der Waals surface area (Å²) in [4.78, 5) is 282. The van der Waals surface area contributed by atoms with Crippen molar-refractivity contribution in [1.29, 1.82) is 0 Å². The monoisotopic (exact) mass is 1880 g/mol. The van der Waals surface area contributed by atoms with E-state index in [4.69, 9.17) is 11.5 Å². The lowest BCUT2D eigenvalue weighted by molar-refractivity contribution is -0.147. The van der Waals surface area contributed by atoms with Gasteiger partial charge >= 0.3 is 5.97 Å². The Morgan fingerprint density at radius 3 is 1.56 bits per heavy atom. The zero-order valence-corrected chi connectivity index (χ0v) is 79.7. The number of aliphatic hydroxyl groups excluding tert-OH is 2. The maximum absolute atomic E-state index is 14.8. The number of hydrogen-bond donors (Lipinski definition) is 21. The second kappa shape index (κ2) is 47.4. The Balaban J connectivity index is 1.07. The lowest BCUT2D eigenvalue weighted by atomic mass is 9.87. The van der Waals surface area contributed by atoms with Crippen LogP contribution in [0.1, 0.15) is 219 Å². The lowest BCUT2D eigenvalue weighted by Crippen LogP contribution is -2.66. The number of carbonyl (C=O) groups is 20. The van der Waals surface area contributed by atoms with Crippen molar-refractivity contribution >= 4 is 129 Å². The maximum atomic E-state index is 14.8. The Hall–Kier alpha value is -12.5. The second-order valence-corrected chi connectivity index (χ2v) is 38.0. The lowest BCUT2D eigenvalue weighted by Gasteiger charge is -2.37. The van der Waals surface area contributed by atoms with E-state index in [1.54, 1.807) is 78.1 Å². The third kappa shape index (κ3) is 30.2. The normalized spacial score (nSPS) is 19.2. The van der Waals surface area contributed by atoms with Gasteiger partial charge in [-0.05, 0) is 163 Å². The van der Waals surface area contributed by atoms with Crippen molar-refractivity contribution < 1.29 is 111 Å². The average Bonchev–Trinajstić information content (AvgIpc) is 1.67. The van der Waals surface area contributed by atoms with Gasteiger partial charge < -0.3 is 116 Å². The Labute approximate surface area is 779 Å². The number of Topliss-reactive ketones (excluding diaryl/α,β-unsaturated/α-hetero) is 1. The molecule has 0 saturated carbocycles. The maximum Gasteiger partial charge on any atom is 0.322 e. The molecule has 23 N–H and O–H groups in total. The van der Waals surface area contributed by atoms with Crippen molar-refractivity contribution in [2.75, 3.05) is 19.6 Å². The van der Waals surface area contributed by atoms with E-state index in [0.29, 0.717) is 11.1 Å². The minimum atomic E-state index is -1.95. The number of carbonyl (C=O) groups excluding carboxylic acids is 19. The number of carboxylic acid groups (broad SMARTS) is 1. The van der Waals surface area contributed by atoms with E-state index in [-0.39, 0.29) is 89.5 Å². The van der Waals surface area contributed by atoms with Crippen LogP contribution in [0, 0.1) is 11.8 Å². The largest absolute Gasteiger partial charge is 0.480 e. The number of primary amides is 2. The molecule has 16 atom stereocenters. The number of fused-ring (bicyclic) bond motifs is 1. The molecule has 3 aliphatic heterocycles. The van der Waals surface area contributed by atoms with Gasteiger partial charge in [-0.1, -0.05) is 96.5 Å². The highest BCUT2D eigenvalue weighted by Crippen LogP contribution is 2.30. The minimum absolute atomic E-state index is 0.0100. The van der Waals surface area contributed by atoms with Crippen LogP contribution in [0.2, 0.25) is 0 Å². The number of likely N-dealkylation sites (tertiary alicyclic amines) is 2. The number of para-hydroxylation sites is 1. The smallest absolute Gasteiger partial charge is 0.322 e. The summed E-state index contributed by atoms with van der Waals surface area (Å²) >= 11 is 0. The zero-order chi connectivity index (χ0) is 101. The van der Waals surface area contributed by atoms with Gasteiger partial charge in [0.25, 0.3) is 0 Å². The second-order valence-electron chi connectivity index (χ2n) is 38.0. The summed E-state index contributed by atoms with van der Waals surface area (Å²) in [5, 5.41) is 71.4. The summed E-state index contributed by atoms with van der Waals surface area (Å²) < 4.78 is 0. The molecule has 0 radical (unpaired) electrons. The molecule has 3 saturated heterocycles. The van der Waals surface area contributed by atoms with E-state index >= 15 is 0 Å². The molecule has 740 valence electrons. The number of aliphatic carboxylic acids is 1.